The van der Waals surface area contributed by atoms with Crippen molar-refractivity contribution in [3.8, 4) is 0 Å². The molecule has 0 aromatic carbocycles. The molecule has 1 aliphatic heterocycles. The molecule has 9 nitrogen and oxygen atoms in total. The molecule has 5 rings (SSSR count). The highest BCUT2D eigenvalue weighted by atomic mass is 35.5. The maximum Gasteiger partial charge on any atom is 0.252 e. The largest absolute Gasteiger partial charge is 0.354 e. The van der Waals surface area contributed by atoms with Gasteiger partial charge in [-0.2, -0.15) is 0 Å². The molecule has 0 unspecified atom stereocenters. The first kappa shape index (κ1) is 17.3. The number of fused-ring (bicyclic) bond motifs is 2. The molecule has 3 aromatic rings. The fourth-order valence-electron chi connectivity index (χ4n) is 4.60. The molecule has 1 amide bonds. The van der Waals surface area contributed by atoms with Crippen molar-refractivity contribution in [1.82, 2.24) is 35.6 Å². The maximum absolute atomic E-state index is 12.6. The Bertz CT molecular complexity index is 1040. The Morgan fingerprint density at radius 1 is 1.36 bits per heavy atom. The minimum atomic E-state index is -0.154. The SMILES string of the molecule is O=C(NC[C@]12CCC[C@H]1CN(c1ccc3nnnn3n1)C2)c1ccncc1Cl. The summed E-state index contributed by atoms with van der Waals surface area (Å²) in [7, 11) is 0. The van der Waals surface area contributed by atoms with Crippen molar-refractivity contribution >= 4 is 29.0 Å². The number of halogens is 1. The van der Waals surface area contributed by atoms with Crippen molar-refractivity contribution in [2.75, 3.05) is 24.5 Å². The van der Waals surface area contributed by atoms with Crippen LogP contribution < -0.4 is 10.2 Å². The highest BCUT2D eigenvalue weighted by Crippen LogP contribution is 2.49. The lowest BCUT2D eigenvalue weighted by Crippen LogP contribution is -2.41. The minimum Gasteiger partial charge on any atom is -0.354 e. The number of hydrogen-bond donors (Lipinski definition) is 1. The first-order valence-corrected chi connectivity index (χ1v) is 9.71. The van der Waals surface area contributed by atoms with Gasteiger partial charge in [0, 0.05) is 37.4 Å². The van der Waals surface area contributed by atoms with Crippen molar-refractivity contribution in [2.45, 2.75) is 19.3 Å². The van der Waals surface area contributed by atoms with Gasteiger partial charge >= 0.3 is 0 Å². The Labute approximate surface area is 166 Å². The van der Waals surface area contributed by atoms with Crippen LogP contribution in [-0.2, 0) is 0 Å². The van der Waals surface area contributed by atoms with Gasteiger partial charge in [-0.05, 0) is 47.4 Å². The van der Waals surface area contributed by atoms with E-state index in [4.69, 9.17) is 11.6 Å². The number of hydrogen-bond acceptors (Lipinski definition) is 7. The van der Waals surface area contributed by atoms with E-state index < -0.39 is 0 Å². The lowest BCUT2D eigenvalue weighted by atomic mass is 9.80. The number of amides is 1. The fourth-order valence-corrected chi connectivity index (χ4v) is 4.80. The third-order valence-corrected chi connectivity index (χ3v) is 6.34. The molecular formula is C18H19ClN8O. The van der Waals surface area contributed by atoms with E-state index >= 15 is 0 Å². The topological polar surface area (TPSA) is 101 Å². The van der Waals surface area contributed by atoms with Crippen LogP contribution in [0, 0.1) is 11.3 Å². The third kappa shape index (κ3) is 2.86. The molecule has 4 heterocycles. The van der Waals surface area contributed by atoms with Gasteiger partial charge in [-0.3, -0.25) is 9.78 Å². The van der Waals surface area contributed by atoms with E-state index in [0.717, 1.165) is 31.7 Å². The van der Waals surface area contributed by atoms with Crippen molar-refractivity contribution < 1.29 is 4.79 Å². The van der Waals surface area contributed by atoms with Crippen LogP contribution in [0.4, 0.5) is 5.82 Å². The first-order valence-electron chi connectivity index (χ1n) is 9.33. The quantitative estimate of drug-likeness (QED) is 0.712. The summed E-state index contributed by atoms with van der Waals surface area (Å²) in [5.41, 5.74) is 1.13. The van der Waals surface area contributed by atoms with E-state index in [0.29, 0.717) is 28.7 Å². The molecule has 28 heavy (non-hydrogen) atoms. The number of aromatic nitrogens is 6. The van der Waals surface area contributed by atoms with Gasteiger partial charge in [-0.15, -0.1) is 14.8 Å². The van der Waals surface area contributed by atoms with Crippen LogP contribution in [-0.4, -0.2) is 55.8 Å². The molecule has 2 fully saturated rings. The van der Waals surface area contributed by atoms with E-state index in [9.17, 15) is 4.79 Å². The number of nitrogens with zero attached hydrogens (tertiary/aromatic N) is 7. The Hall–Kier alpha value is -2.81. The zero-order chi connectivity index (χ0) is 19.1. The van der Waals surface area contributed by atoms with Gasteiger partial charge in [0.1, 0.15) is 0 Å². The van der Waals surface area contributed by atoms with Gasteiger partial charge in [0.05, 0.1) is 10.6 Å². The van der Waals surface area contributed by atoms with Gasteiger partial charge in [0.25, 0.3) is 5.91 Å². The molecule has 1 saturated heterocycles. The molecule has 2 atom stereocenters. The van der Waals surface area contributed by atoms with Crippen LogP contribution in [0.15, 0.2) is 30.6 Å². The lowest BCUT2D eigenvalue weighted by Gasteiger charge is -2.29. The Balaban J connectivity index is 1.33. The molecule has 1 aliphatic carbocycles. The zero-order valence-corrected chi connectivity index (χ0v) is 15.9. The summed E-state index contributed by atoms with van der Waals surface area (Å²) in [6.45, 7) is 2.40. The fraction of sp³-hybridized carbons (Fsp3) is 0.444. The summed E-state index contributed by atoms with van der Waals surface area (Å²) < 4.78 is 1.45. The number of carbonyl (C=O) groups excluding carboxylic acids is 1. The number of anilines is 1. The molecule has 10 heteroatoms. The van der Waals surface area contributed by atoms with Crippen LogP contribution in [0.1, 0.15) is 29.6 Å². The zero-order valence-electron chi connectivity index (χ0n) is 15.1. The predicted octanol–water partition coefficient (Wildman–Crippen LogP) is 1.60. The Morgan fingerprint density at radius 3 is 3.18 bits per heavy atom. The number of nitrogens with one attached hydrogen (secondary N) is 1. The van der Waals surface area contributed by atoms with Crippen molar-refractivity contribution in [1.29, 1.82) is 0 Å². The normalized spacial score (nSPS) is 23.9. The summed E-state index contributed by atoms with van der Waals surface area (Å²) in [4.78, 5) is 18.8. The molecule has 3 aromatic heterocycles. The van der Waals surface area contributed by atoms with Crippen molar-refractivity contribution in [3.63, 3.8) is 0 Å². The average molecular weight is 399 g/mol. The number of tetrazole rings is 1. The average Bonchev–Trinajstić information content (AvgIpc) is 3.39. The predicted molar refractivity (Wildman–Crippen MR) is 102 cm³/mol. The molecule has 144 valence electrons. The highest BCUT2D eigenvalue weighted by Gasteiger charge is 2.49. The number of pyridine rings is 1. The van der Waals surface area contributed by atoms with Crippen molar-refractivity contribution in [3.05, 3.63) is 41.2 Å². The third-order valence-electron chi connectivity index (χ3n) is 6.04. The van der Waals surface area contributed by atoms with E-state index in [1.54, 1.807) is 12.3 Å². The molecule has 0 spiro atoms. The smallest absolute Gasteiger partial charge is 0.252 e. The van der Waals surface area contributed by atoms with E-state index in [1.807, 2.05) is 12.1 Å². The monoisotopic (exact) mass is 398 g/mol. The molecular weight excluding hydrogens is 380 g/mol. The van der Waals surface area contributed by atoms with E-state index in [2.05, 4.69) is 35.8 Å². The van der Waals surface area contributed by atoms with Gasteiger partial charge in [0.15, 0.2) is 11.5 Å². The standard InChI is InChI=1S/C18H19ClN8O/c19-14-8-20-7-5-13(14)17(28)21-10-18-6-1-2-12(18)9-26(11-18)16-4-3-15-22-24-25-27(15)23-16/h3-5,7-8,12H,1-2,6,9-11H2,(H,21,28)/t12-,18-/m0/s1. The second kappa shape index (κ2) is 6.66. The molecule has 0 radical (unpaired) electrons. The van der Waals surface area contributed by atoms with Gasteiger partial charge in [0.2, 0.25) is 0 Å². The molecule has 2 aliphatic rings. The van der Waals surface area contributed by atoms with Crippen LogP contribution in [0.3, 0.4) is 0 Å². The van der Waals surface area contributed by atoms with Gasteiger partial charge in [-0.25, -0.2) is 0 Å². The Kier molecular flexibility index (Phi) is 4.12. The highest BCUT2D eigenvalue weighted by molar-refractivity contribution is 6.33. The van der Waals surface area contributed by atoms with Gasteiger partial charge < -0.3 is 10.2 Å². The van der Waals surface area contributed by atoms with Crippen LogP contribution in [0.2, 0.25) is 5.02 Å². The minimum absolute atomic E-state index is 0.0480. The van der Waals surface area contributed by atoms with Crippen LogP contribution in [0.25, 0.3) is 5.65 Å². The number of carbonyl (C=O) groups is 1. The van der Waals surface area contributed by atoms with E-state index in [-0.39, 0.29) is 11.3 Å². The summed E-state index contributed by atoms with van der Waals surface area (Å²) in [6, 6.07) is 5.47. The van der Waals surface area contributed by atoms with Crippen LogP contribution in [0.5, 0.6) is 0 Å². The summed E-state index contributed by atoms with van der Waals surface area (Å²) in [6.07, 6.45) is 6.51. The first-order chi connectivity index (χ1) is 13.6. The number of rotatable bonds is 4. The summed E-state index contributed by atoms with van der Waals surface area (Å²) in [5, 5.41) is 19.4. The molecule has 0 bridgehead atoms. The van der Waals surface area contributed by atoms with E-state index in [1.165, 1.54) is 17.2 Å². The second-order valence-corrected chi connectivity index (χ2v) is 8.00. The maximum atomic E-state index is 12.6. The summed E-state index contributed by atoms with van der Waals surface area (Å²) in [5.74, 6) is 1.23. The van der Waals surface area contributed by atoms with Crippen molar-refractivity contribution in [2.24, 2.45) is 11.3 Å². The lowest BCUT2D eigenvalue weighted by molar-refractivity contribution is 0.0927. The van der Waals surface area contributed by atoms with Gasteiger partial charge in [-0.1, -0.05) is 18.0 Å². The molecule has 1 saturated carbocycles. The summed E-state index contributed by atoms with van der Waals surface area (Å²) >= 11 is 6.11. The second-order valence-electron chi connectivity index (χ2n) is 7.59. The molecule has 1 N–H and O–H groups in total. The Morgan fingerprint density at radius 2 is 2.29 bits per heavy atom. The van der Waals surface area contributed by atoms with Crippen LogP contribution >= 0.6 is 11.6 Å².